The molecule has 2 aromatic rings. The van der Waals surface area contributed by atoms with E-state index in [2.05, 4.69) is 28.4 Å². The van der Waals surface area contributed by atoms with Gasteiger partial charge in [0, 0.05) is 19.2 Å². The summed E-state index contributed by atoms with van der Waals surface area (Å²) >= 11 is 5.94. The molecule has 1 aromatic carbocycles. The van der Waals surface area contributed by atoms with Gasteiger partial charge in [0.25, 0.3) is 0 Å². The van der Waals surface area contributed by atoms with Crippen molar-refractivity contribution in [2.75, 3.05) is 13.7 Å². The van der Waals surface area contributed by atoms with Crippen LogP contribution in [0.2, 0.25) is 0 Å². The van der Waals surface area contributed by atoms with Crippen LogP contribution in [0.25, 0.3) is 11.4 Å². The average molecular weight is 292 g/mol. The number of methoxy groups -OCH3 is 1. The predicted octanol–water partition coefficient (Wildman–Crippen LogP) is 2.82. The molecule has 0 amide bonds. The van der Waals surface area contributed by atoms with Crippen LogP contribution in [0.5, 0.6) is 0 Å². The second-order valence-corrected chi connectivity index (χ2v) is 5.32. The Morgan fingerprint density at radius 3 is 2.90 bits per heavy atom. The molecule has 5 heteroatoms. The first-order chi connectivity index (χ1) is 9.83. The van der Waals surface area contributed by atoms with E-state index >= 15 is 0 Å². The molecule has 20 heavy (non-hydrogen) atoms. The van der Waals surface area contributed by atoms with Crippen LogP contribution in [0, 0.1) is 0 Å². The number of fused-ring (bicyclic) bond motifs is 1. The minimum Gasteiger partial charge on any atom is -0.383 e. The summed E-state index contributed by atoms with van der Waals surface area (Å²) in [6, 6.07) is 6.59. The number of alkyl halides is 1. The minimum atomic E-state index is 0.363. The van der Waals surface area contributed by atoms with Crippen LogP contribution < -0.4 is 0 Å². The number of benzene rings is 1. The first kappa shape index (κ1) is 13.6. The van der Waals surface area contributed by atoms with Gasteiger partial charge < -0.3 is 9.30 Å². The number of ether oxygens (including phenoxy) is 1. The van der Waals surface area contributed by atoms with Gasteiger partial charge in [0.2, 0.25) is 0 Å². The van der Waals surface area contributed by atoms with E-state index in [0.29, 0.717) is 12.5 Å². The van der Waals surface area contributed by atoms with Crippen molar-refractivity contribution < 1.29 is 4.74 Å². The molecule has 106 valence electrons. The van der Waals surface area contributed by atoms with Crippen LogP contribution in [-0.4, -0.2) is 28.5 Å². The maximum absolute atomic E-state index is 5.94. The summed E-state index contributed by atoms with van der Waals surface area (Å²) in [5, 5.41) is 8.49. The molecule has 0 bridgehead atoms. The first-order valence-electron chi connectivity index (χ1n) is 6.92. The van der Waals surface area contributed by atoms with E-state index in [9.17, 15) is 0 Å². The standard InChI is InChI=1S/C15H18ClN3O/c1-20-8-7-19-14(10-16)17-18-15(19)13-6-5-11-3-2-4-12(11)9-13/h5-6,9H,2-4,7-8,10H2,1H3. The Kier molecular flexibility index (Phi) is 4.03. The van der Waals surface area contributed by atoms with Crippen LogP contribution >= 0.6 is 11.6 Å². The Hall–Kier alpha value is -1.39. The second-order valence-electron chi connectivity index (χ2n) is 5.05. The molecule has 1 aromatic heterocycles. The van der Waals surface area contributed by atoms with Crippen molar-refractivity contribution in [1.82, 2.24) is 14.8 Å². The molecule has 0 unspecified atom stereocenters. The van der Waals surface area contributed by atoms with Crippen molar-refractivity contribution in [1.29, 1.82) is 0 Å². The molecule has 0 fully saturated rings. The second kappa shape index (κ2) is 5.94. The Labute approximate surface area is 123 Å². The summed E-state index contributed by atoms with van der Waals surface area (Å²) in [7, 11) is 1.69. The summed E-state index contributed by atoms with van der Waals surface area (Å²) in [6.45, 7) is 1.35. The van der Waals surface area contributed by atoms with Crippen LogP contribution in [-0.2, 0) is 30.0 Å². The van der Waals surface area contributed by atoms with E-state index in [-0.39, 0.29) is 0 Å². The molecule has 3 rings (SSSR count). The van der Waals surface area contributed by atoms with Crippen molar-refractivity contribution >= 4 is 11.6 Å². The highest BCUT2D eigenvalue weighted by molar-refractivity contribution is 6.16. The van der Waals surface area contributed by atoms with Gasteiger partial charge in [0.15, 0.2) is 5.82 Å². The zero-order valence-corrected chi connectivity index (χ0v) is 12.4. The Bertz CT molecular complexity index is 609. The van der Waals surface area contributed by atoms with Crippen molar-refractivity contribution in [2.45, 2.75) is 31.7 Å². The van der Waals surface area contributed by atoms with Gasteiger partial charge >= 0.3 is 0 Å². The lowest BCUT2D eigenvalue weighted by molar-refractivity contribution is 0.187. The maximum atomic E-state index is 5.94. The van der Waals surface area contributed by atoms with Gasteiger partial charge in [-0.05, 0) is 36.5 Å². The lowest BCUT2D eigenvalue weighted by Gasteiger charge is -2.09. The third kappa shape index (κ3) is 2.45. The summed E-state index contributed by atoms with van der Waals surface area (Å²) in [4.78, 5) is 0. The third-order valence-electron chi connectivity index (χ3n) is 3.82. The third-order valence-corrected chi connectivity index (χ3v) is 4.06. The summed E-state index contributed by atoms with van der Waals surface area (Å²) in [6.07, 6.45) is 3.61. The summed E-state index contributed by atoms with van der Waals surface area (Å²) < 4.78 is 7.21. The lowest BCUT2D eigenvalue weighted by Crippen LogP contribution is -2.09. The van der Waals surface area contributed by atoms with E-state index in [1.54, 1.807) is 7.11 Å². The van der Waals surface area contributed by atoms with E-state index in [1.165, 1.54) is 24.0 Å². The Morgan fingerprint density at radius 1 is 1.25 bits per heavy atom. The van der Waals surface area contributed by atoms with E-state index < -0.39 is 0 Å². The number of nitrogens with zero attached hydrogens (tertiary/aromatic N) is 3. The number of aromatic nitrogens is 3. The topological polar surface area (TPSA) is 39.9 Å². The van der Waals surface area contributed by atoms with Gasteiger partial charge in [-0.25, -0.2) is 0 Å². The van der Waals surface area contributed by atoms with Gasteiger partial charge in [0.05, 0.1) is 12.5 Å². The zero-order valence-electron chi connectivity index (χ0n) is 11.6. The zero-order chi connectivity index (χ0) is 13.9. The number of rotatable bonds is 5. The van der Waals surface area contributed by atoms with E-state index in [1.807, 2.05) is 4.57 Å². The van der Waals surface area contributed by atoms with Crippen LogP contribution in [0.1, 0.15) is 23.4 Å². The Balaban J connectivity index is 1.98. The average Bonchev–Trinajstić information content (AvgIpc) is 3.10. The predicted molar refractivity (Wildman–Crippen MR) is 78.9 cm³/mol. The molecule has 0 saturated carbocycles. The molecule has 0 spiro atoms. The number of hydrogen-bond acceptors (Lipinski definition) is 3. The SMILES string of the molecule is COCCn1c(CCl)nnc1-c1ccc2c(c1)CCC2. The maximum Gasteiger partial charge on any atom is 0.164 e. The molecule has 0 N–H and O–H groups in total. The monoisotopic (exact) mass is 291 g/mol. The van der Waals surface area contributed by atoms with Gasteiger partial charge in [-0.3, -0.25) is 0 Å². The largest absolute Gasteiger partial charge is 0.383 e. The molecule has 0 aliphatic heterocycles. The molecular weight excluding hydrogens is 274 g/mol. The molecular formula is C15H18ClN3O. The highest BCUT2D eigenvalue weighted by Gasteiger charge is 2.16. The van der Waals surface area contributed by atoms with Crippen LogP contribution in [0.15, 0.2) is 18.2 Å². The summed E-state index contributed by atoms with van der Waals surface area (Å²) in [5.74, 6) is 2.04. The summed E-state index contributed by atoms with van der Waals surface area (Å²) in [5.41, 5.74) is 4.02. The van der Waals surface area contributed by atoms with Gasteiger partial charge in [-0.2, -0.15) is 0 Å². The van der Waals surface area contributed by atoms with Crippen LogP contribution in [0.4, 0.5) is 0 Å². The molecule has 0 radical (unpaired) electrons. The molecule has 0 atom stereocenters. The highest BCUT2D eigenvalue weighted by atomic mass is 35.5. The highest BCUT2D eigenvalue weighted by Crippen LogP contribution is 2.27. The van der Waals surface area contributed by atoms with E-state index in [0.717, 1.165) is 30.2 Å². The van der Waals surface area contributed by atoms with Gasteiger partial charge in [-0.1, -0.05) is 12.1 Å². The molecule has 1 heterocycles. The van der Waals surface area contributed by atoms with Crippen molar-refractivity contribution in [2.24, 2.45) is 0 Å². The fourth-order valence-corrected chi connectivity index (χ4v) is 2.97. The van der Waals surface area contributed by atoms with Gasteiger partial charge in [0.1, 0.15) is 5.82 Å². The van der Waals surface area contributed by atoms with E-state index in [4.69, 9.17) is 16.3 Å². The van der Waals surface area contributed by atoms with Crippen molar-refractivity contribution in [3.05, 3.63) is 35.2 Å². The quantitative estimate of drug-likeness (QED) is 0.795. The molecule has 1 aliphatic rings. The number of hydrogen-bond donors (Lipinski definition) is 0. The Morgan fingerprint density at radius 2 is 2.10 bits per heavy atom. The van der Waals surface area contributed by atoms with Crippen LogP contribution in [0.3, 0.4) is 0 Å². The molecule has 0 saturated heterocycles. The van der Waals surface area contributed by atoms with Gasteiger partial charge in [-0.15, -0.1) is 21.8 Å². The first-order valence-corrected chi connectivity index (χ1v) is 7.46. The number of halogens is 1. The fraction of sp³-hybridized carbons (Fsp3) is 0.467. The normalized spacial score (nSPS) is 13.7. The fourth-order valence-electron chi connectivity index (χ4n) is 2.78. The lowest BCUT2D eigenvalue weighted by atomic mass is 10.1. The van der Waals surface area contributed by atoms with Crippen molar-refractivity contribution in [3.63, 3.8) is 0 Å². The van der Waals surface area contributed by atoms with Crippen molar-refractivity contribution in [3.8, 4) is 11.4 Å². The number of aryl methyl sites for hydroxylation is 2. The molecule has 4 nitrogen and oxygen atoms in total. The smallest absolute Gasteiger partial charge is 0.164 e. The molecule has 1 aliphatic carbocycles. The minimum absolute atomic E-state index is 0.363.